The van der Waals surface area contributed by atoms with Gasteiger partial charge in [0.2, 0.25) is 5.91 Å². The molecular weight excluding hydrogens is 350 g/mol. The van der Waals surface area contributed by atoms with Crippen LogP contribution in [-0.2, 0) is 11.3 Å². The van der Waals surface area contributed by atoms with Crippen LogP contribution in [0.4, 0.5) is 0 Å². The largest absolute Gasteiger partial charge is 0.494 e. The summed E-state index contributed by atoms with van der Waals surface area (Å²) in [4.78, 5) is 18.7. The average molecular weight is 377 g/mol. The summed E-state index contributed by atoms with van der Waals surface area (Å²) < 4.78 is 8.15. The minimum atomic E-state index is 0.175. The lowest BCUT2D eigenvalue weighted by Crippen LogP contribution is -2.19. The van der Waals surface area contributed by atoms with E-state index in [9.17, 15) is 4.79 Å². The monoisotopic (exact) mass is 377 g/mol. The second kappa shape index (κ2) is 8.05. The molecule has 2 aromatic carbocycles. The number of likely N-dealkylation sites (N-methyl/N-ethyl adjacent to an activating group) is 1. The van der Waals surface area contributed by atoms with Gasteiger partial charge in [-0.1, -0.05) is 29.8 Å². The van der Waals surface area contributed by atoms with Crippen LogP contribution in [-0.4, -0.2) is 40.6 Å². The maximum absolute atomic E-state index is 12.0. The Labute approximate surface area is 165 Å². The predicted octanol–water partition coefficient (Wildman–Crippen LogP) is 4.15. The van der Waals surface area contributed by atoms with E-state index in [-0.39, 0.29) is 11.8 Å². The number of fused-ring (bicyclic) bond motifs is 1. The minimum absolute atomic E-state index is 0.175. The van der Waals surface area contributed by atoms with Crippen LogP contribution in [0.25, 0.3) is 11.0 Å². The molecule has 5 heteroatoms. The van der Waals surface area contributed by atoms with Crippen molar-refractivity contribution in [3.05, 3.63) is 59.9 Å². The van der Waals surface area contributed by atoms with E-state index in [1.54, 1.807) is 0 Å². The smallest absolute Gasteiger partial charge is 0.223 e. The van der Waals surface area contributed by atoms with E-state index < -0.39 is 0 Å². The maximum atomic E-state index is 12.0. The molecule has 0 aliphatic carbocycles. The number of aromatic nitrogens is 2. The zero-order valence-electron chi connectivity index (χ0n) is 16.6. The van der Waals surface area contributed by atoms with Crippen molar-refractivity contribution in [3.63, 3.8) is 0 Å². The van der Waals surface area contributed by atoms with Crippen molar-refractivity contribution in [1.29, 1.82) is 0 Å². The number of unbranched alkanes of at least 4 members (excludes halogenated alkanes) is 1. The molecular formula is C23H27N3O2. The highest BCUT2D eigenvalue weighted by molar-refractivity contribution is 5.80. The number of nitrogens with zero attached hydrogens (tertiary/aromatic N) is 3. The molecule has 1 aliphatic rings. The molecule has 1 fully saturated rings. The fraction of sp³-hybridized carbons (Fsp3) is 0.391. The SMILES string of the molecule is Cc1ccc(OCCCCn2c(C3CC(=O)N(C)C3)nc3ccccc32)cc1. The fourth-order valence-corrected chi connectivity index (χ4v) is 3.87. The summed E-state index contributed by atoms with van der Waals surface area (Å²) in [6.07, 6.45) is 2.54. The molecule has 0 bridgehead atoms. The quantitative estimate of drug-likeness (QED) is 0.581. The molecule has 0 spiro atoms. The molecule has 1 saturated heterocycles. The van der Waals surface area contributed by atoms with Gasteiger partial charge in [-0.15, -0.1) is 0 Å². The predicted molar refractivity (Wildman–Crippen MR) is 111 cm³/mol. The minimum Gasteiger partial charge on any atom is -0.494 e. The van der Waals surface area contributed by atoms with E-state index in [2.05, 4.69) is 41.8 Å². The van der Waals surface area contributed by atoms with Crippen LogP contribution >= 0.6 is 0 Å². The Bertz CT molecular complexity index is 962. The number of hydrogen-bond acceptors (Lipinski definition) is 3. The Morgan fingerprint density at radius 3 is 2.64 bits per heavy atom. The first-order valence-electron chi connectivity index (χ1n) is 10.0. The number of carbonyl (C=O) groups is 1. The third-order valence-electron chi connectivity index (χ3n) is 5.46. The summed E-state index contributed by atoms with van der Waals surface area (Å²) in [5.74, 6) is 2.34. The molecule has 1 aromatic heterocycles. The summed E-state index contributed by atoms with van der Waals surface area (Å²) in [6.45, 7) is 4.42. The number of imidazole rings is 1. The van der Waals surface area contributed by atoms with Gasteiger partial charge in [0.1, 0.15) is 11.6 Å². The first-order chi connectivity index (χ1) is 13.6. The third kappa shape index (κ3) is 3.88. The van der Waals surface area contributed by atoms with Gasteiger partial charge in [0, 0.05) is 32.5 Å². The average Bonchev–Trinajstić information content (AvgIpc) is 3.23. The van der Waals surface area contributed by atoms with Crippen molar-refractivity contribution in [2.75, 3.05) is 20.2 Å². The molecule has 1 aliphatic heterocycles. The first-order valence-corrected chi connectivity index (χ1v) is 10.0. The lowest BCUT2D eigenvalue weighted by Gasteiger charge is -2.14. The molecule has 28 heavy (non-hydrogen) atoms. The van der Waals surface area contributed by atoms with Crippen LogP contribution < -0.4 is 4.74 Å². The lowest BCUT2D eigenvalue weighted by molar-refractivity contribution is -0.126. The summed E-state index contributed by atoms with van der Waals surface area (Å²) in [6, 6.07) is 16.4. The van der Waals surface area contributed by atoms with Gasteiger partial charge >= 0.3 is 0 Å². The molecule has 0 saturated carbocycles. The standard InChI is InChI=1S/C23H27N3O2/c1-17-9-11-19(12-10-17)28-14-6-5-13-26-21-8-4-3-7-20(21)24-23(26)18-15-22(27)25(2)16-18/h3-4,7-12,18H,5-6,13-16H2,1-2H3. The van der Waals surface area contributed by atoms with Gasteiger partial charge in [-0.2, -0.15) is 0 Å². The van der Waals surface area contributed by atoms with E-state index in [4.69, 9.17) is 9.72 Å². The second-order valence-electron chi connectivity index (χ2n) is 7.65. The lowest BCUT2D eigenvalue weighted by atomic mass is 10.1. The van der Waals surface area contributed by atoms with E-state index in [0.29, 0.717) is 13.0 Å². The van der Waals surface area contributed by atoms with E-state index in [1.807, 2.05) is 30.1 Å². The first kappa shape index (κ1) is 18.5. The highest BCUT2D eigenvalue weighted by atomic mass is 16.5. The summed E-state index contributed by atoms with van der Waals surface area (Å²) in [5.41, 5.74) is 3.40. The molecule has 0 N–H and O–H groups in total. The summed E-state index contributed by atoms with van der Waals surface area (Å²) in [5, 5.41) is 0. The van der Waals surface area contributed by atoms with Crippen molar-refractivity contribution in [2.45, 2.75) is 38.6 Å². The van der Waals surface area contributed by atoms with Gasteiger partial charge in [0.15, 0.2) is 0 Å². The maximum Gasteiger partial charge on any atom is 0.223 e. The molecule has 4 rings (SSSR count). The highest BCUT2D eigenvalue weighted by Crippen LogP contribution is 2.30. The van der Waals surface area contributed by atoms with Crippen LogP contribution in [0, 0.1) is 6.92 Å². The number of aryl methyl sites for hydroxylation is 2. The van der Waals surface area contributed by atoms with E-state index in [1.165, 1.54) is 5.56 Å². The van der Waals surface area contributed by atoms with E-state index >= 15 is 0 Å². The summed E-state index contributed by atoms with van der Waals surface area (Å²) >= 11 is 0. The number of ether oxygens (including phenoxy) is 1. The molecule has 1 atom stereocenters. The number of rotatable bonds is 7. The van der Waals surface area contributed by atoms with E-state index in [0.717, 1.165) is 48.5 Å². The third-order valence-corrected chi connectivity index (χ3v) is 5.46. The zero-order chi connectivity index (χ0) is 19.5. The molecule has 1 unspecified atom stereocenters. The number of benzene rings is 2. The number of amides is 1. The molecule has 5 nitrogen and oxygen atoms in total. The number of carbonyl (C=O) groups excluding carboxylic acids is 1. The molecule has 1 amide bonds. The highest BCUT2D eigenvalue weighted by Gasteiger charge is 2.31. The van der Waals surface area contributed by atoms with Crippen molar-refractivity contribution in [3.8, 4) is 5.75 Å². The molecule has 3 aromatic rings. The van der Waals surface area contributed by atoms with Crippen molar-refractivity contribution < 1.29 is 9.53 Å². The molecule has 0 radical (unpaired) electrons. The van der Waals surface area contributed by atoms with Crippen LogP contribution in [0.3, 0.4) is 0 Å². The van der Waals surface area contributed by atoms with Gasteiger partial charge in [-0.3, -0.25) is 4.79 Å². The van der Waals surface area contributed by atoms with Crippen molar-refractivity contribution >= 4 is 16.9 Å². The zero-order valence-corrected chi connectivity index (χ0v) is 16.6. The second-order valence-corrected chi connectivity index (χ2v) is 7.65. The van der Waals surface area contributed by atoms with Gasteiger partial charge in [-0.05, 0) is 44.0 Å². The Hall–Kier alpha value is -2.82. The Kier molecular flexibility index (Phi) is 5.33. The van der Waals surface area contributed by atoms with Crippen LogP contribution in [0.1, 0.15) is 36.6 Å². The normalized spacial score (nSPS) is 16.9. The van der Waals surface area contributed by atoms with Crippen molar-refractivity contribution in [2.24, 2.45) is 0 Å². The van der Waals surface area contributed by atoms with Gasteiger partial charge in [0.05, 0.1) is 17.6 Å². The Morgan fingerprint density at radius 2 is 1.89 bits per heavy atom. The van der Waals surface area contributed by atoms with Gasteiger partial charge < -0.3 is 14.2 Å². The molecule has 146 valence electrons. The van der Waals surface area contributed by atoms with Crippen LogP contribution in [0.5, 0.6) is 5.75 Å². The van der Waals surface area contributed by atoms with Gasteiger partial charge in [0.25, 0.3) is 0 Å². The number of para-hydroxylation sites is 2. The number of hydrogen-bond donors (Lipinski definition) is 0. The Morgan fingerprint density at radius 1 is 1.11 bits per heavy atom. The van der Waals surface area contributed by atoms with Gasteiger partial charge in [-0.25, -0.2) is 4.98 Å². The Balaban J connectivity index is 1.41. The van der Waals surface area contributed by atoms with Crippen LogP contribution in [0.2, 0.25) is 0 Å². The summed E-state index contributed by atoms with van der Waals surface area (Å²) in [7, 11) is 1.87. The molecule has 2 heterocycles. The fourth-order valence-electron chi connectivity index (χ4n) is 3.87. The van der Waals surface area contributed by atoms with Crippen molar-refractivity contribution in [1.82, 2.24) is 14.5 Å². The topological polar surface area (TPSA) is 47.4 Å². The number of likely N-dealkylation sites (tertiary alicyclic amines) is 1. The van der Waals surface area contributed by atoms with Crippen LogP contribution in [0.15, 0.2) is 48.5 Å².